The third-order valence-corrected chi connectivity index (χ3v) is 9.65. The Kier molecular flexibility index (Phi) is 9.65. The number of benzene rings is 3. The molecule has 49 heavy (non-hydrogen) atoms. The first-order chi connectivity index (χ1) is 24.1. The lowest BCUT2D eigenvalue weighted by atomic mass is 9.84. The van der Waals surface area contributed by atoms with E-state index in [1.54, 1.807) is 0 Å². The molecule has 0 fully saturated rings. The molecular weight excluding hydrogens is 597 g/mol. The lowest BCUT2D eigenvalue weighted by molar-refractivity contribution is 0.670. The SMILES string of the molecule is C=N/C(=N\C(=N/CC1C=CC=CC1)c1ccc(C2=CCCC(c3nc4c(c(C)c3-c3ccccc3C)C=CCC4)=C2)cc1)c1ccccc1. The third-order valence-electron chi connectivity index (χ3n) is 9.65. The highest BCUT2D eigenvalue weighted by Crippen LogP contribution is 2.40. The van der Waals surface area contributed by atoms with Crippen LogP contribution in [0.1, 0.15) is 70.5 Å². The summed E-state index contributed by atoms with van der Waals surface area (Å²) in [4.78, 5) is 19.7. The van der Waals surface area contributed by atoms with Crippen LogP contribution in [0.2, 0.25) is 0 Å². The van der Waals surface area contributed by atoms with Gasteiger partial charge in [0.2, 0.25) is 0 Å². The van der Waals surface area contributed by atoms with Gasteiger partial charge in [-0.2, -0.15) is 0 Å². The summed E-state index contributed by atoms with van der Waals surface area (Å²) in [5.74, 6) is 1.59. The zero-order valence-electron chi connectivity index (χ0n) is 28.4. The summed E-state index contributed by atoms with van der Waals surface area (Å²) < 4.78 is 0. The van der Waals surface area contributed by atoms with Crippen LogP contribution in [0.25, 0.3) is 28.3 Å². The van der Waals surface area contributed by atoms with Crippen molar-refractivity contribution in [1.29, 1.82) is 0 Å². The third kappa shape index (κ3) is 7.05. The fraction of sp³-hybridized carbons (Fsp3) is 0.200. The molecule has 3 aliphatic rings. The molecule has 3 aliphatic carbocycles. The highest BCUT2D eigenvalue weighted by atomic mass is 15.0. The Bertz CT molecular complexity index is 2090. The largest absolute Gasteiger partial charge is 0.266 e. The fourth-order valence-electron chi connectivity index (χ4n) is 6.97. The number of hydrogen-bond acceptors (Lipinski definition) is 2. The minimum absolute atomic E-state index is 0.351. The molecule has 0 radical (unpaired) electrons. The number of aryl methyl sites for hydroxylation is 2. The first-order valence-corrected chi connectivity index (χ1v) is 17.4. The summed E-state index contributed by atoms with van der Waals surface area (Å²) in [5, 5.41) is 0. The summed E-state index contributed by atoms with van der Waals surface area (Å²) in [6.07, 6.45) is 22.8. The Labute approximate surface area is 290 Å². The van der Waals surface area contributed by atoms with Gasteiger partial charge in [0.05, 0.1) is 5.69 Å². The Hall–Kier alpha value is -5.48. The van der Waals surface area contributed by atoms with Crippen molar-refractivity contribution >= 4 is 35.6 Å². The summed E-state index contributed by atoms with van der Waals surface area (Å²) in [7, 11) is 0. The van der Waals surface area contributed by atoms with Crippen molar-refractivity contribution in [2.24, 2.45) is 20.9 Å². The van der Waals surface area contributed by atoms with Gasteiger partial charge in [0, 0.05) is 34.8 Å². The molecule has 4 heteroatoms. The molecule has 0 N–H and O–H groups in total. The van der Waals surface area contributed by atoms with Gasteiger partial charge in [0.15, 0.2) is 11.7 Å². The maximum absolute atomic E-state index is 5.40. The predicted octanol–water partition coefficient (Wildman–Crippen LogP) is 10.6. The second-order valence-corrected chi connectivity index (χ2v) is 13.0. The number of allylic oxidation sites excluding steroid dienone is 8. The predicted molar refractivity (Wildman–Crippen MR) is 208 cm³/mol. The Morgan fingerprint density at radius 3 is 2.41 bits per heavy atom. The van der Waals surface area contributed by atoms with Gasteiger partial charge in [-0.15, -0.1) is 0 Å². The summed E-state index contributed by atoms with van der Waals surface area (Å²) >= 11 is 0. The molecule has 0 aliphatic heterocycles. The second-order valence-electron chi connectivity index (χ2n) is 13.0. The smallest absolute Gasteiger partial charge is 0.161 e. The maximum Gasteiger partial charge on any atom is 0.161 e. The molecule has 0 spiro atoms. The number of rotatable bonds is 7. The van der Waals surface area contributed by atoms with Gasteiger partial charge in [0.1, 0.15) is 0 Å². The molecular formula is C45H42N4. The number of aromatic nitrogens is 1. The normalized spacial score (nSPS) is 17.4. The van der Waals surface area contributed by atoms with E-state index in [9.17, 15) is 0 Å². The van der Waals surface area contributed by atoms with Gasteiger partial charge in [0.25, 0.3) is 0 Å². The van der Waals surface area contributed by atoms with Crippen molar-refractivity contribution in [3.05, 3.63) is 166 Å². The van der Waals surface area contributed by atoms with Crippen LogP contribution in [-0.2, 0) is 6.42 Å². The monoisotopic (exact) mass is 638 g/mol. The van der Waals surface area contributed by atoms with E-state index in [4.69, 9.17) is 15.0 Å². The lowest BCUT2D eigenvalue weighted by Gasteiger charge is -2.24. The average Bonchev–Trinajstić information content (AvgIpc) is 3.16. The van der Waals surface area contributed by atoms with Gasteiger partial charge in [-0.1, -0.05) is 121 Å². The van der Waals surface area contributed by atoms with E-state index in [1.165, 1.54) is 50.2 Å². The van der Waals surface area contributed by atoms with E-state index in [-0.39, 0.29) is 0 Å². The van der Waals surface area contributed by atoms with E-state index in [2.05, 4.69) is 123 Å². The van der Waals surface area contributed by atoms with Crippen LogP contribution >= 0.6 is 0 Å². The molecule has 0 saturated heterocycles. The minimum atomic E-state index is 0.351. The molecule has 1 heterocycles. The van der Waals surface area contributed by atoms with Gasteiger partial charge in [-0.05, 0) is 97.7 Å². The number of hydrogen-bond donors (Lipinski definition) is 0. The van der Waals surface area contributed by atoms with Crippen LogP contribution in [0.15, 0.2) is 136 Å². The van der Waals surface area contributed by atoms with Crippen molar-refractivity contribution in [3.63, 3.8) is 0 Å². The Balaban J connectivity index is 1.24. The average molecular weight is 639 g/mol. The van der Waals surface area contributed by atoms with Crippen molar-refractivity contribution in [2.75, 3.05) is 6.54 Å². The number of aliphatic imine (C=N–C) groups is 3. The molecule has 242 valence electrons. The zero-order chi connectivity index (χ0) is 33.6. The zero-order valence-corrected chi connectivity index (χ0v) is 28.4. The number of fused-ring (bicyclic) bond motifs is 1. The van der Waals surface area contributed by atoms with E-state index >= 15 is 0 Å². The highest BCUT2D eigenvalue weighted by Gasteiger charge is 2.23. The van der Waals surface area contributed by atoms with Crippen LogP contribution < -0.4 is 0 Å². The molecule has 0 amide bonds. The topological polar surface area (TPSA) is 50.0 Å². The molecule has 3 aromatic carbocycles. The fourth-order valence-corrected chi connectivity index (χ4v) is 6.97. The Morgan fingerprint density at radius 2 is 1.63 bits per heavy atom. The highest BCUT2D eigenvalue weighted by molar-refractivity contribution is 6.12. The van der Waals surface area contributed by atoms with Crippen LogP contribution in [0.5, 0.6) is 0 Å². The summed E-state index contributed by atoms with van der Waals surface area (Å²) in [6.45, 7) is 8.95. The van der Waals surface area contributed by atoms with E-state index in [0.29, 0.717) is 24.1 Å². The number of pyridine rings is 1. The quantitative estimate of drug-likeness (QED) is 0.147. The van der Waals surface area contributed by atoms with E-state index in [0.717, 1.165) is 48.9 Å². The standard InChI is InChI=1S/C45H42N4/c1-31-15-10-11-22-39(31)42-32(2)40-23-12-13-24-41(40)48-43(42)38-21-14-20-37(29-38)34-25-27-36(28-26-34)45(47-30-33-16-6-4-7-17-33)49-44(46-3)35-18-8-5-9-19-35/h4-12,15-16,18-20,22-23,25-29,33H,3,13-14,17,21,24,30H2,1-2H3/b47-45-,49-44-. The first-order valence-electron chi connectivity index (χ1n) is 17.4. The van der Waals surface area contributed by atoms with Crippen molar-refractivity contribution in [2.45, 2.75) is 46.0 Å². The van der Waals surface area contributed by atoms with Gasteiger partial charge < -0.3 is 0 Å². The van der Waals surface area contributed by atoms with Gasteiger partial charge >= 0.3 is 0 Å². The second kappa shape index (κ2) is 14.7. The van der Waals surface area contributed by atoms with E-state index in [1.807, 2.05) is 30.3 Å². The molecule has 1 unspecified atom stereocenters. The van der Waals surface area contributed by atoms with Gasteiger partial charge in [-0.3, -0.25) is 9.98 Å². The molecule has 7 rings (SSSR count). The van der Waals surface area contributed by atoms with Crippen LogP contribution in [0.4, 0.5) is 0 Å². The molecule has 1 aromatic heterocycles. The molecule has 4 nitrogen and oxygen atoms in total. The van der Waals surface area contributed by atoms with E-state index < -0.39 is 0 Å². The summed E-state index contributed by atoms with van der Waals surface area (Å²) in [6, 6.07) is 27.3. The van der Waals surface area contributed by atoms with Crippen LogP contribution in [0, 0.1) is 19.8 Å². The van der Waals surface area contributed by atoms with Crippen LogP contribution in [-0.4, -0.2) is 29.9 Å². The first kappa shape index (κ1) is 32.1. The molecule has 0 saturated carbocycles. The van der Waals surface area contributed by atoms with Crippen molar-refractivity contribution in [3.8, 4) is 11.1 Å². The van der Waals surface area contributed by atoms with Gasteiger partial charge in [-0.25, -0.2) is 9.98 Å². The molecule has 0 bridgehead atoms. The van der Waals surface area contributed by atoms with Crippen molar-refractivity contribution in [1.82, 2.24) is 4.98 Å². The Morgan fingerprint density at radius 1 is 0.837 bits per heavy atom. The maximum atomic E-state index is 5.40. The molecule has 1 atom stereocenters. The van der Waals surface area contributed by atoms with Crippen LogP contribution in [0.3, 0.4) is 0 Å². The molecule has 4 aromatic rings. The lowest BCUT2D eigenvalue weighted by Crippen LogP contribution is -2.09. The number of amidine groups is 2. The summed E-state index contributed by atoms with van der Waals surface area (Å²) in [5.41, 5.74) is 14.3. The van der Waals surface area contributed by atoms with Crippen molar-refractivity contribution < 1.29 is 0 Å². The minimum Gasteiger partial charge on any atom is -0.266 e. The number of nitrogens with zero attached hydrogens (tertiary/aromatic N) is 4.